The monoisotopic (exact) mass is 428 g/mol. The standard InChI is InChI=1S/C24H20N4O4/c1-32-24(31)15-8-11-20-17(12-15)18(23(30)27-20)13-26-16-9-6-14(7-10-16)22(29)28-21-5-3-2-4-19(21)25/h2-13,18H,25H2,1H3,(H,27,30)(H,28,29). The number of nitrogens with one attached hydrogen (secondary N) is 2. The molecule has 1 aliphatic heterocycles. The number of benzene rings is 3. The molecule has 32 heavy (non-hydrogen) atoms. The van der Waals surface area contributed by atoms with Crippen molar-refractivity contribution in [3.63, 3.8) is 0 Å². The summed E-state index contributed by atoms with van der Waals surface area (Å²) in [5, 5.41) is 5.54. The van der Waals surface area contributed by atoms with E-state index >= 15 is 0 Å². The minimum absolute atomic E-state index is 0.234. The Morgan fingerprint density at radius 1 is 1.06 bits per heavy atom. The molecule has 1 unspecified atom stereocenters. The number of methoxy groups -OCH3 is 1. The van der Waals surface area contributed by atoms with E-state index in [1.807, 2.05) is 0 Å². The van der Waals surface area contributed by atoms with Gasteiger partial charge < -0.3 is 21.1 Å². The molecule has 0 spiro atoms. The number of anilines is 3. The van der Waals surface area contributed by atoms with E-state index in [4.69, 9.17) is 10.5 Å². The number of nitrogens with two attached hydrogens (primary N) is 1. The number of fused-ring (bicyclic) bond motifs is 1. The molecular formula is C24H20N4O4. The van der Waals surface area contributed by atoms with Gasteiger partial charge in [0.25, 0.3) is 5.91 Å². The number of carbonyl (C=O) groups excluding carboxylic acids is 3. The number of carbonyl (C=O) groups is 3. The Hall–Kier alpha value is -4.46. The Bertz CT molecular complexity index is 1240. The van der Waals surface area contributed by atoms with Crippen LogP contribution in [0.4, 0.5) is 22.7 Å². The molecule has 4 rings (SSSR count). The number of rotatable bonds is 5. The molecule has 0 fully saturated rings. The van der Waals surface area contributed by atoms with Crippen LogP contribution in [0.15, 0.2) is 71.7 Å². The summed E-state index contributed by atoms with van der Waals surface area (Å²) >= 11 is 0. The zero-order valence-electron chi connectivity index (χ0n) is 17.2. The third kappa shape index (κ3) is 4.20. The summed E-state index contributed by atoms with van der Waals surface area (Å²) < 4.78 is 4.74. The van der Waals surface area contributed by atoms with Crippen LogP contribution in [0.1, 0.15) is 32.2 Å². The van der Waals surface area contributed by atoms with Crippen molar-refractivity contribution >= 4 is 46.7 Å². The molecular weight excluding hydrogens is 408 g/mol. The summed E-state index contributed by atoms with van der Waals surface area (Å²) in [6, 6.07) is 18.5. The van der Waals surface area contributed by atoms with Crippen molar-refractivity contribution in [1.82, 2.24) is 0 Å². The van der Waals surface area contributed by atoms with Crippen LogP contribution >= 0.6 is 0 Å². The fourth-order valence-corrected chi connectivity index (χ4v) is 3.34. The molecule has 1 atom stereocenters. The van der Waals surface area contributed by atoms with Gasteiger partial charge in [0.2, 0.25) is 5.91 Å². The van der Waals surface area contributed by atoms with Crippen molar-refractivity contribution in [2.45, 2.75) is 5.92 Å². The largest absolute Gasteiger partial charge is 0.465 e. The lowest BCUT2D eigenvalue weighted by Gasteiger charge is -2.08. The lowest BCUT2D eigenvalue weighted by atomic mass is 9.99. The summed E-state index contributed by atoms with van der Waals surface area (Å²) in [4.78, 5) is 41.0. The molecule has 1 aliphatic rings. The Morgan fingerprint density at radius 2 is 1.78 bits per heavy atom. The second-order valence-corrected chi connectivity index (χ2v) is 7.13. The fraction of sp³-hybridized carbons (Fsp3) is 0.0833. The van der Waals surface area contributed by atoms with Crippen molar-refractivity contribution in [1.29, 1.82) is 0 Å². The highest BCUT2D eigenvalue weighted by molar-refractivity contribution is 6.13. The third-order valence-corrected chi connectivity index (χ3v) is 5.06. The maximum Gasteiger partial charge on any atom is 0.337 e. The van der Waals surface area contributed by atoms with E-state index in [2.05, 4.69) is 15.6 Å². The van der Waals surface area contributed by atoms with E-state index in [9.17, 15) is 14.4 Å². The molecule has 160 valence electrons. The first kappa shape index (κ1) is 20.8. The molecule has 0 radical (unpaired) electrons. The van der Waals surface area contributed by atoms with Crippen LogP contribution in [-0.2, 0) is 9.53 Å². The number of para-hydroxylation sites is 2. The van der Waals surface area contributed by atoms with Crippen LogP contribution in [0.5, 0.6) is 0 Å². The SMILES string of the molecule is COC(=O)c1ccc2c(c1)C(C=Nc1ccc(C(=O)Nc3ccccc3N)cc1)C(=O)N2. The maximum absolute atomic E-state index is 12.4. The van der Waals surface area contributed by atoms with E-state index in [-0.39, 0.29) is 11.8 Å². The van der Waals surface area contributed by atoms with Crippen LogP contribution in [0.2, 0.25) is 0 Å². The minimum atomic E-state index is -0.640. The van der Waals surface area contributed by atoms with Gasteiger partial charge in [0.05, 0.1) is 29.7 Å². The number of nitrogen functional groups attached to an aromatic ring is 1. The second-order valence-electron chi connectivity index (χ2n) is 7.13. The highest BCUT2D eigenvalue weighted by Gasteiger charge is 2.30. The molecule has 8 heteroatoms. The van der Waals surface area contributed by atoms with Gasteiger partial charge in [0, 0.05) is 17.5 Å². The number of amides is 2. The van der Waals surface area contributed by atoms with E-state index in [1.165, 1.54) is 13.3 Å². The predicted molar refractivity (Wildman–Crippen MR) is 123 cm³/mol. The van der Waals surface area contributed by atoms with Gasteiger partial charge in [-0.3, -0.25) is 14.6 Å². The zero-order valence-corrected chi connectivity index (χ0v) is 17.2. The number of ether oxygens (including phenoxy) is 1. The van der Waals surface area contributed by atoms with Gasteiger partial charge in [-0.25, -0.2) is 4.79 Å². The fourth-order valence-electron chi connectivity index (χ4n) is 3.34. The highest BCUT2D eigenvalue weighted by atomic mass is 16.5. The average Bonchev–Trinajstić information content (AvgIpc) is 3.13. The molecule has 3 aromatic carbocycles. The highest BCUT2D eigenvalue weighted by Crippen LogP contribution is 2.33. The van der Waals surface area contributed by atoms with Crippen LogP contribution in [0.3, 0.4) is 0 Å². The molecule has 1 heterocycles. The summed E-state index contributed by atoms with van der Waals surface area (Å²) in [6.45, 7) is 0. The molecule has 0 bridgehead atoms. The summed E-state index contributed by atoms with van der Waals surface area (Å²) in [6.07, 6.45) is 1.52. The number of nitrogens with zero attached hydrogens (tertiary/aromatic N) is 1. The molecule has 3 aromatic rings. The number of hydrogen-bond acceptors (Lipinski definition) is 6. The quantitative estimate of drug-likeness (QED) is 0.324. The molecule has 0 aromatic heterocycles. The predicted octanol–water partition coefficient (Wildman–Crippen LogP) is 3.75. The Balaban J connectivity index is 1.49. The summed E-state index contributed by atoms with van der Waals surface area (Å²) in [5.41, 5.74) is 9.53. The topological polar surface area (TPSA) is 123 Å². The number of hydrogen-bond donors (Lipinski definition) is 3. The van der Waals surface area contributed by atoms with Gasteiger partial charge in [0.1, 0.15) is 5.92 Å². The van der Waals surface area contributed by atoms with E-state index in [1.54, 1.807) is 66.7 Å². The molecule has 0 saturated heterocycles. The first-order valence-electron chi connectivity index (χ1n) is 9.79. The zero-order chi connectivity index (χ0) is 22.7. The van der Waals surface area contributed by atoms with E-state index < -0.39 is 11.9 Å². The van der Waals surface area contributed by atoms with Crippen molar-refractivity contribution in [2.75, 3.05) is 23.5 Å². The molecule has 4 N–H and O–H groups in total. The van der Waals surface area contributed by atoms with Gasteiger partial charge in [-0.2, -0.15) is 0 Å². The first-order valence-corrected chi connectivity index (χ1v) is 9.79. The molecule has 2 amide bonds. The lowest BCUT2D eigenvalue weighted by Crippen LogP contribution is -2.13. The first-order chi connectivity index (χ1) is 15.5. The van der Waals surface area contributed by atoms with Gasteiger partial charge >= 0.3 is 5.97 Å². The van der Waals surface area contributed by atoms with Gasteiger partial charge in [-0.15, -0.1) is 0 Å². The Labute approximate surface area is 184 Å². The van der Waals surface area contributed by atoms with Crippen LogP contribution in [-0.4, -0.2) is 31.1 Å². The molecule has 0 aliphatic carbocycles. The summed E-state index contributed by atoms with van der Waals surface area (Å²) in [5.74, 6) is -1.65. The van der Waals surface area contributed by atoms with Crippen LogP contribution in [0, 0.1) is 0 Å². The Morgan fingerprint density at radius 3 is 2.50 bits per heavy atom. The average molecular weight is 428 g/mol. The van der Waals surface area contributed by atoms with E-state index in [0.29, 0.717) is 39.4 Å². The number of esters is 1. The Kier molecular flexibility index (Phi) is 5.67. The summed E-state index contributed by atoms with van der Waals surface area (Å²) in [7, 11) is 1.30. The van der Waals surface area contributed by atoms with Crippen molar-refractivity contribution in [3.05, 3.63) is 83.4 Å². The second kappa shape index (κ2) is 8.73. The molecule has 8 nitrogen and oxygen atoms in total. The molecule has 0 saturated carbocycles. The van der Waals surface area contributed by atoms with Gasteiger partial charge in [-0.05, 0) is 60.2 Å². The van der Waals surface area contributed by atoms with Crippen LogP contribution in [0.25, 0.3) is 0 Å². The number of aliphatic imine (C=N–C) groups is 1. The maximum atomic E-state index is 12.4. The van der Waals surface area contributed by atoms with Crippen molar-refractivity contribution < 1.29 is 19.1 Å². The third-order valence-electron chi connectivity index (χ3n) is 5.06. The minimum Gasteiger partial charge on any atom is -0.465 e. The smallest absolute Gasteiger partial charge is 0.337 e. The lowest BCUT2D eigenvalue weighted by molar-refractivity contribution is -0.115. The van der Waals surface area contributed by atoms with Gasteiger partial charge in [-0.1, -0.05) is 12.1 Å². The van der Waals surface area contributed by atoms with Gasteiger partial charge in [0.15, 0.2) is 0 Å². The van der Waals surface area contributed by atoms with Crippen molar-refractivity contribution in [3.8, 4) is 0 Å². The normalized spacial score (nSPS) is 14.7. The van der Waals surface area contributed by atoms with Crippen molar-refractivity contribution in [2.24, 2.45) is 4.99 Å². The van der Waals surface area contributed by atoms with E-state index in [0.717, 1.165) is 0 Å². The van der Waals surface area contributed by atoms with Crippen LogP contribution < -0.4 is 16.4 Å².